The molecular formula is C18H19Cl2N3O2. The van der Waals surface area contributed by atoms with Crippen LogP contribution in [-0.2, 0) is 9.59 Å². The first-order valence-corrected chi connectivity index (χ1v) is 8.54. The molecule has 0 unspecified atom stereocenters. The molecule has 0 atom stereocenters. The highest BCUT2D eigenvalue weighted by Gasteiger charge is 2.09. The second-order valence-electron chi connectivity index (χ2n) is 5.44. The second-order valence-corrected chi connectivity index (χ2v) is 6.31. The molecule has 0 saturated heterocycles. The Labute approximate surface area is 156 Å². The maximum absolute atomic E-state index is 12.2. The molecule has 2 aromatic rings. The molecule has 0 spiro atoms. The molecule has 3 N–H and O–H groups in total. The molecule has 0 saturated carbocycles. The Bertz CT molecular complexity index is 774. The van der Waals surface area contributed by atoms with Crippen LogP contribution in [0.5, 0.6) is 0 Å². The predicted molar refractivity (Wildman–Crippen MR) is 104 cm³/mol. The number of carbonyl (C=O) groups excluding carboxylic acids is 2. The minimum atomic E-state index is -0.224. The summed E-state index contributed by atoms with van der Waals surface area (Å²) in [6.07, 6.45) is 0.391. The van der Waals surface area contributed by atoms with Gasteiger partial charge < -0.3 is 16.0 Å². The summed E-state index contributed by atoms with van der Waals surface area (Å²) in [5, 5.41) is 9.58. The molecule has 0 radical (unpaired) electrons. The first-order chi connectivity index (χ1) is 11.9. The van der Waals surface area contributed by atoms with E-state index < -0.39 is 0 Å². The number of rotatable bonds is 6. The van der Waals surface area contributed by atoms with E-state index in [4.69, 9.17) is 23.2 Å². The number of anilines is 3. The molecule has 2 amide bonds. The molecule has 0 aliphatic heterocycles. The Morgan fingerprint density at radius 1 is 0.960 bits per heavy atom. The van der Waals surface area contributed by atoms with Gasteiger partial charge in [-0.1, -0.05) is 36.2 Å². The molecular weight excluding hydrogens is 361 g/mol. The first-order valence-electron chi connectivity index (χ1n) is 7.78. The van der Waals surface area contributed by atoms with E-state index in [0.29, 0.717) is 33.5 Å². The zero-order chi connectivity index (χ0) is 18.4. The summed E-state index contributed by atoms with van der Waals surface area (Å²) in [4.78, 5) is 23.7. The number of nitrogens with one attached hydrogen (secondary N) is 3. The number of carbonyl (C=O) groups is 2. The van der Waals surface area contributed by atoms with Gasteiger partial charge in [0.25, 0.3) is 0 Å². The lowest BCUT2D eigenvalue weighted by molar-refractivity contribution is -0.116. The van der Waals surface area contributed by atoms with Gasteiger partial charge in [-0.25, -0.2) is 0 Å². The summed E-state index contributed by atoms with van der Waals surface area (Å²) in [7, 11) is 0. The Kier molecular flexibility index (Phi) is 6.67. The minimum absolute atomic E-state index is 0.0572. The molecule has 0 aliphatic rings. The molecule has 2 rings (SSSR count). The van der Waals surface area contributed by atoms with Gasteiger partial charge in [0.1, 0.15) is 0 Å². The maximum Gasteiger partial charge on any atom is 0.243 e. The molecule has 7 heteroatoms. The fourth-order valence-electron chi connectivity index (χ4n) is 2.18. The van der Waals surface area contributed by atoms with Crippen molar-refractivity contribution in [3.63, 3.8) is 0 Å². The lowest BCUT2D eigenvalue weighted by atomic mass is 10.1. The Balaban J connectivity index is 2.00. The molecule has 2 aromatic carbocycles. The molecule has 5 nitrogen and oxygen atoms in total. The zero-order valence-corrected chi connectivity index (χ0v) is 15.5. The van der Waals surface area contributed by atoms with E-state index in [1.165, 1.54) is 0 Å². The Hall–Kier alpha value is -2.24. The van der Waals surface area contributed by atoms with E-state index in [0.717, 1.165) is 5.56 Å². The van der Waals surface area contributed by atoms with Crippen molar-refractivity contribution in [2.45, 2.75) is 20.3 Å². The monoisotopic (exact) mass is 379 g/mol. The lowest BCUT2D eigenvalue weighted by Crippen LogP contribution is -2.22. The van der Waals surface area contributed by atoms with Crippen LogP contribution in [0.2, 0.25) is 10.0 Å². The summed E-state index contributed by atoms with van der Waals surface area (Å²) in [6, 6.07) is 10.3. The average molecular weight is 380 g/mol. The molecule has 0 bridgehead atoms. The van der Waals surface area contributed by atoms with Crippen LogP contribution in [0.4, 0.5) is 17.1 Å². The van der Waals surface area contributed by atoms with E-state index in [1.807, 2.05) is 6.92 Å². The van der Waals surface area contributed by atoms with Crippen LogP contribution >= 0.6 is 23.2 Å². The van der Waals surface area contributed by atoms with Crippen molar-refractivity contribution in [1.29, 1.82) is 0 Å². The van der Waals surface area contributed by atoms with Crippen LogP contribution in [0, 0.1) is 6.92 Å². The average Bonchev–Trinajstić information content (AvgIpc) is 2.55. The largest absolute Gasteiger partial charge is 0.376 e. The van der Waals surface area contributed by atoms with Crippen molar-refractivity contribution >= 4 is 52.1 Å². The molecule has 25 heavy (non-hydrogen) atoms. The van der Waals surface area contributed by atoms with Crippen molar-refractivity contribution in [2.24, 2.45) is 0 Å². The third-order valence-electron chi connectivity index (χ3n) is 3.52. The number of hydrogen-bond acceptors (Lipinski definition) is 3. The van der Waals surface area contributed by atoms with Crippen LogP contribution < -0.4 is 16.0 Å². The Morgan fingerprint density at radius 3 is 2.08 bits per heavy atom. The first kappa shape index (κ1) is 19.1. The third kappa shape index (κ3) is 5.66. The summed E-state index contributed by atoms with van der Waals surface area (Å²) in [5.74, 6) is -0.302. The van der Waals surface area contributed by atoms with Crippen molar-refractivity contribution < 1.29 is 9.59 Å². The summed E-state index contributed by atoms with van der Waals surface area (Å²) < 4.78 is 0. The Morgan fingerprint density at radius 2 is 1.52 bits per heavy atom. The van der Waals surface area contributed by atoms with Crippen molar-refractivity contribution in [1.82, 2.24) is 0 Å². The molecule has 0 aromatic heterocycles. The van der Waals surface area contributed by atoms with Crippen LogP contribution in [0.3, 0.4) is 0 Å². The van der Waals surface area contributed by atoms with Crippen LogP contribution in [0.1, 0.15) is 18.9 Å². The highest BCUT2D eigenvalue weighted by atomic mass is 35.5. The maximum atomic E-state index is 12.2. The summed E-state index contributed by atoms with van der Waals surface area (Å²) in [6.45, 7) is 3.68. The normalized spacial score (nSPS) is 10.2. The van der Waals surface area contributed by atoms with Crippen molar-refractivity contribution in [3.8, 4) is 0 Å². The highest BCUT2D eigenvalue weighted by Crippen LogP contribution is 2.24. The van der Waals surface area contributed by atoms with E-state index in [2.05, 4.69) is 16.0 Å². The van der Waals surface area contributed by atoms with Gasteiger partial charge >= 0.3 is 0 Å². The number of hydrogen-bond donors (Lipinski definition) is 3. The second kappa shape index (κ2) is 8.74. The van der Waals surface area contributed by atoms with Gasteiger partial charge in [0.15, 0.2) is 0 Å². The predicted octanol–water partition coefficient (Wildman–Crippen LogP) is 4.70. The third-order valence-corrected chi connectivity index (χ3v) is 3.96. The van der Waals surface area contributed by atoms with Gasteiger partial charge in [-0.2, -0.15) is 0 Å². The highest BCUT2D eigenvalue weighted by molar-refractivity contribution is 6.35. The van der Waals surface area contributed by atoms with Gasteiger partial charge in [-0.05, 0) is 42.8 Å². The van der Waals surface area contributed by atoms with Crippen LogP contribution in [-0.4, -0.2) is 18.4 Å². The summed E-state index contributed by atoms with van der Waals surface area (Å²) >= 11 is 11.9. The van der Waals surface area contributed by atoms with Crippen LogP contribution in [0.25, 0.3) is 0 Å². The SMILES string of the molecule is CCC(=O)Nc1cccc(NC(=O)CNc2cc(Cl)cc(Cl)c2)c1C. The number of benzene rings is 2. The molecule has 0 aliphatic carbocycles. The fourth-order valence-corrected chi connectivity index (χ4v) is 2.70. The van der Waals surface area contributed by atoms with Gasteiger partial charge in [0.05, 0.1) is 6.54 Å². The number of halogens is 2. The van der Waals surface area contributed by atoms with Gasteiger partial charge in [0, 0.05) is 33.5 Å². The van der Waals surface area contributed by atoms with Gasteiger partial charge in [-0.3, -0.25) is 9.59 Å². The fraction of sp³-hybridized carbons (Fsp3) is 0.222. The van der Waals surface area contributed by atoms with E-state index >= 15 is 0 Å². The molecule has 0 heterocycles. The van der Waals surface area contributed by atoms with Crippen molar-refractivity contribution in [3.05, 3.63) is 52.0 Å². The smallest absolute Gasteiger partial charge is 0.243 e. The van der Waals surface area contributed by atoms with E-state index in [9.17, 15) is 9.59 Å². The van der Waals surface area contributed by atoms with Crippen LogP contribution in [0.15, 0.2) is 36.4 Å². The standard InChI is InChI=1S/C18H19Cl2N3O2/c1-3-17(24)22-15-5-4-6-16(11(15)2)23-18(25)10-21-14-8-12(19)7-13(20)9-14/h4-9,21H,3,10H2,1-2H3,(H,22,24)(H,23,25). The zero-order valence-electron chi connectivity index (χ0n) is 14.0. The quantitative estimate of drug-likeness (QED) is 0.680. The number of amides is 2. The summed E-state index contributed by atoms with van der Waals surface area (Å²) in [5.41, 5.74) is 2.78. The van der Waals surface area contributed by atoms with Crippen molar-refractivity contribution in [2.75, 3.05) is 22.5 Å². The minimum Gasteiger partial charge on any atom is -0.376 e. The molecule has 0 fully saturated rings. The topological polar surface area (TPSA) is 70.2 Å². The van der Waals surface area contributed by atoms with E-state index in [-0.39, 0.29) is 18.4 Å². The van der Waals surface area contributed by atoms with E-state index in [1.54, 1.807) is 43.3 Å². The molecule has 132 valence electrons. The lowest BCUT2D eigenvalue weighted by Gasteiger charge is -2.14. The van der Waals surface area contributed by atoms with Gasteiger partial charge in [0.2, 0.25) is 11.8 Å². The van der Waals surface area contributed by atoms with Gasteiger partial charge in [-0.15, -0.1) is 0 Å².